The number of nitrogens with one attached hydrogen (secondary N) is 3. The lowest BCUT2D eigenvalue weighted by Gasteiger charge is -2.06. The summed E-state index contributed by atoms with van der Waals surface area (Å²) in [5.74, 6) is -0.704. The first kappa shape index (κ1) is 15.9. The van der Waals surface area contributed by atoms with Crippen molar-refractivity contribution in [1.29, 1.82) is 0 Å². The van der Waals surface area contributed by atoms with Crippen molar-refractivity contribution in [3.8, 4) is 0 Å². The Labute approximate surface area is 139 Å². The summed E-state index contributed by atoms with van der Waals surface area (Å²) in [6.45, 7) is 3.74. The number of para-hydroxylation sites is 1. The van der Waals surface area contributed by atoms with Gasteiger partial charge in [0.15, 0.2) is 0 Å². The number of carbonyl (C=O) groups excluding carboxylic acids is 2. The van der Waals surface area contributed by atoms with Gasteiger partial charge in [-0.1, -0.05) is 18.2 Å². The summed E-state index contributed by atoms with van der Waals surface area (Å²) < 4.78 is 0. The van der Waals surface area contributed by atoms with Crippen LogP contribution in [0.15, 0.2) is 34.5 Å². The molecule has 0 bridgehead atoms. The van der Waals surface area contributed by atoms with Crippen LogP contribution in [0.5, 0.6) is 0 Å². The lowest BCUT2D eigenvalue weighted by Crippen LogP contribution is -2.25. The Bertz CT molecular complexity index is 850. The summed E-state index contributed by atoms with van der Waals surface area (Å²) in [5, 5.41) is 8.95. The van der Waals surface area contributed by atoms with E-state index >= 15 is 0 Å². The van der Waals surface area contributed by atoms with Crippen LogP contribution in [0, 0.1) is 12.8 Å². The minimum atomic E-state index is -0.324. The van der Waals surface area contributed by atoms with Gasteiger partial charge < -0.3 is 4.98 Å². The summed E-state index contributed by atoms with van der Waals surface area (Å²) in [6, 6.07) is 7.92. The van der Waals surface area contributed by atoms with Gasteiger partial charge in [-0.15, -0.1) is 0 Å². The molecule has 7 heteroatoms. The molecule has 124 valence electrons. The summed E-state index contributed by atoms with van der Waals surface area (Å²) >= 11 is 0. The molecule has 0 saturated heterocycles. The zero-order valence-electron chi connectivity index (χ0n) is 13.6. The average Bonchev–Trinajstić information content (AvgIpc) is 3.05. The standard InChI is InChI=1S/C17H19N5O2/c1-10-14(13-5-3-4-6-15(13)19-10)9-18-21-16(23)8-7-12-11(2)20-22-17(12)24/h3-6,9,12,19H,7-8H2,1-2H3,(H,21,23)(H,22,24). The van der Waals surface area contributed by atoms with E-state index < -0.39 is 0 Å². The van der Waals surface area contributed by atoms with Gasteiger partial charge in [0, 0.05) is 34.3 Å². The second kappa shape index (κ2) is 6.66. The molecule has 1 aromatic heterocycles. The van der Waals surface area contributed by atoms with E-state index in [4.69, 9.17) is 0 Å². The average molecular weight is 325 g/mol. The number of aromatic nitrogens is 1. The van der Waals surface area contributed by atoms with Crippen LogP contribution in [0.3, 0.4) is 0 Å². The number of H-pyrrole nitrogens is 1. The Hall–Kier alpha value is -2.96. The van der Waals surface area contributed by atoms with Crippen molar-refractivity contribution < 1.29 is 9.59 Å². The molecular formula is C17H19N5O2. The number of amides is 2. The van der Waals surface area contributed by atoms with Crippen molar-refractivity contribution in [3.63, 3.8) is 0 Å². The van der Waals surface area contributed by atoms with Gasteiger partial charge in [-0.3, -0.25) is 9.59 Å². The van der Waals surface area contributed by atoms with Crippen molar-refractivity contribution in [2.45, 2.75) is 26.7 Å². The molecule has 1 aliphatic heterocycles. The van der Waals surface area contributed by atoms with E-state index in [2.05, 4.69) is 26.0 Å². The highest BCUT2D eigenvalue weighted by molar-refractivity contribution is 6.07. The smallest absolute Gasteiger partial charge is 0.248 e. The van der Waals surface area contributed by atoms with E-state index in [-0.39, 0.29) is 24.2 Å². The Balaban J connectivity index is 1.57. The number of fused-ring (bicyclic) bond motifs is 1. The van der Waals surface area contributed by atoms with Gasteiger partial charge in [0.25, 0.3) is 0 Å². The van der Waals surface area contributed by atoms with Gasteiger partial charge >= 0.3 is 0 Å². The van der Waals surface area contributed by atoms with Crippen LogP contribution < -0.4 is 10.9 Å². The first-order chi connectivity index (χ1) is 11.6. The molecule has 0 radical (unpaired) electrons. The van der Waals surface area contributed by atoms with Gasteiger partial charge in [0.1, 0.15) is 0 Å². The molecule has 0 fully saturated rings. The first-order valence-corrected chi connectivity index (χ1v) is 7.79. The summed E-state index contributed by atoms with van der Waals surface area (Å²) in [4.78, 5) is 26.7. The summed E-state index contributed by atoms with van der Waals surface area (Å²) in [7, 11) is 0. The molecule has 7 nitrogen and oxygen atoms in total. The second-order valence-electron chi connectivity index (χ2n) is 5.82. The third kappa shape index (κ3) is 3.19. The molecule has 1 atom stereocenters. The molecule has 2 amide bonds. The molecule has 24 heavy (non-hydrogen) atoms. The number of nitrogens with zero attached hydrogens (tertiary/aromatic N) is 2. The van der Waals surface area contributed by atoms with Crippen molar-refractivity contribution in [2.24, 2.45) is 16.1 Å². The largest absolute Gasteiger partial charge is 0.358 e. The third-order valence-electron chi connectivity index (χ3n) is 4.15. The monoisotopic (exact) mass is 325 g/mol. The lowest BCUT2D eigenvalue weighted by atomic mass is 9.99. The van der Waals surface area contributed by atoms with E-state index in [0.717, 1.165) is 22.2 Å². The van der Waals surface area contributed by atoms with E-state index in [1.165, 1.54) is 0 Å². The fourth-order valence-corrected chi connectivity index (χ4v) is 2.79. The Morgan fingerprint density at radius 3 is 2.92 bits per heavy atom. The number of aryl methyl sites for hydroxylation is 1. The van der Waals surface area contributed by atoms with Crippen molar-refractivity contribution >= 4 is 34.6 Å². The maximum absolute atomic E-state index is 11.9. The van der Waals surface area contributed by atoms with Crippen LogP contribution in [0.1, 0.15) is 31.0 Å². The third-order valence-corrected chi connectivity index (χ3v) is 4.15. The number of hydrogen-bond donors (Lipinski definition) is 3. The first-order valence-electron chi connectivity index (χ1n) is 7.79. The van der Waals surface area contributed by atoms with E-state index in [1.807, 2.05) is 31.2 Å². The molecule has 3 rings (SSSR count). The van der Waals surface area contributed by atoms with Crippen LogP contribution in [0.2, 0.25) is 0 Å². The van der Waals surface area contributed by atoms with Crippen LogP contribution in [0.4, 0.5) is 0 Å². The van der Waals surface area contributed by atoms with Gasteiger partial charge in [-0.05, 0) is 26.3 Å². The number of aromatic amines is 1. The van der Waals surface area contributed by atoms with Gasteiger partial charge in [0.05, 0.1) is 12.1 Å². The van der Waals surface area contributed by atoms with Crippen molar-refractivity contribution in [3.05, 3.63) is 35.5 Å². The predicted octanol–water partition coefficient (Wildman–Crippen LogP) is 1.83. The molecule has 2 aromatic rings. The molecule has 0 spiro atoms. The van der Waals surface area contributed by atoms with Gasteiger partial charge in [-0.2, -0.15) is 10.2 Å². The van der Waals surface area contributed by atoms with E-state index in [9.17, 15) is 9.59 Å². The van der Waals surface area contributed by atoms with Crippen LogP contribution in [-0.2, 0) is 9.59 Å². The molecule has 0 saturated carbocycles. The predicted molar refractivity (Wildman–Crippen MR) is 92.7 cm³/mol. The summed E-state index contributed by atoms with van der Waals surface area (Å²) in [5.41, 5.74) is 8.61. The fraction of sp³-hybridized carbons (Fsp3) is 0.294. The highest BCUT2D eigenvalue weighted by Crippen LogP contribution is 2.19. The Morgan fingerprint density at radius 2 is 2.17 bits per heavy atom. The lowest BCUT2D eigenvalue weighted by molar-refractivity contribution is -0.123. The molecule has 0 aliphatic carbocycles. The maximum atomic E-state index is 11.9. The van der Waals surface area contributed by atoms with Gasteiger partial charge in [-0.25, -0.2) is 10.9 Å². The highest BCUT2D eigenvalue weighted by Gasteiger charge is 2.26. The minimum Gasteiger partial charge on any atom is -0.358 e. The molecular weight excluding hydrogens is 306 g/mol. The number of benzene rings is 1. The zero-order chi connectivity index (χ0) is 17.1. The van der Waals surface area contributed by atoms with E-state index in [1.54, 1.807) is 13.1 Å². The Kier molecular flexibility index (Phi) is 4.41. The SMILES string of the molecule is CC1=NNC(=O)C1CCC(=O)NN=Cc1c(C)[nH]c2ccccc12. The number of hydrogen-bond acceptors (Lipinski definition) is 4. The van der Waals surface area contributed by atoms with Crippen LogP contribution in [-0.4, -0.2) is 28.7 Å². The number of carbonyl (C=O) groups is 2. The highest BCUT2D eigenvalue weighted by atomic mass is 16.2. The quantitative estimate of drug-likeness (QED) is 0.577. The molecule has 1 aromatic carbocycles. The maximum Gasteiger partial charge on any atom is 0.248 e. The molecule has 3 N–H and O–H groups in total. The second-order valence-corrected chi connectivity index (χ2v) is 5.82. The number of hydrazone groups is 2. The van der Waals surface area contributed by atoms with Crippen LogP contribution in [0.25, 0.3) is 10.9 Å². The molecule has 1 aliphatic rings. The van der Waals surface area contributed by atoms with Gasteiger partial charge in [0.2, 0.25) is 11.8 Å². The fourth-order valence-electron chi connectivity index (χ4n) is 2.79. The number of rotatable bonds is 5. The van der Waals surface area contributed by atoms with Crippen molar-refractivity contribution in [2.75, 3.05) is 0 Å². The van der Waals surface area contributed by atoms with E-state index in [0.29, 0.717) is 12.1 Å². The minimum absolute atomic E-state index is 0.154. The Morgan fingerprint density at radius 1 is 1.38 bits per heavy atom. The van der Waals surface area contributed by atoms with Crippen molar-refractivity contribution in [1.82, 2.24) is 15.8 Å². The topological polar surface area (TPSA) is 98.7 Å². The normalized spacial score (nSPS) is 17.3. The molecule has 1 unspecified atom stereocenters. The molecule has 2 heterocycles. The zero-order valence-corrected chi connectivity index (χ0v) is 13.6. The summed E-state index contributed by atoms with van der Waals surface area (Å²) in [6.07, 6.45) is 2.28. The van der Waals surface area contributed by atoms with Crippen LogP contribution >= 0.6 is 0 Å².